The van der Waals surface area contributed by atoms with Crippen molar-refractivity contribution in [2.75, 3.05) is 13.2 Å². The quantitative estimate of drug-likeness (QED) is 0.299. The lowest BCUT2D eigenvalue weighted by Crippen LogP contribution is -1.97. The van der Waals surface area contributed by atoms with Crippen molar-refractivity contribution in [3.63, 3.8) is 0 Å². The maximum Gasteiger partial charge on any atom is 0.697 e. The minimum atomic E-state index is -2.09. The van der Waals surface area contributed by atoms with Crippen LogP contribution in [0.2, 0.25) is 0 Å². The standard InChI is InChI=1S/C16H14Br4O3P/c17-13-3-1-11(9-15(13)19)5-7-22-24(21)23-8-6-12-2-4-14(18)16(20)10-12/h1-4,9-10H,5-8H2/q+1. The molecular formula is C16H14Br4O3P+. The molecule has 0 fully saturated rings. The van der Waals surface area contributed by atoms with E-state index >= 15 is 0 Å². The minimum Gasteiger partial charge on any atom is -0.119 e. The monoisotopic (exact) mass is 601 g/mol. The number of hydrogen-bond acceptors (Lipinski definition) is 3. The second-order valence-electron chi connectivity index (χ2n) is 4.89. The van der Waals surface area contributed by atoms with Crippen LogP contribution in [0.25, 0.3) is 0 Å². The van der Waals surface area contributed by atoms with E-state index in [1.165, 1.54) is 0 Å². The lowest BCUT2D eigenvalue weighted by atomic mass is 10.2. The highest BCUT2D eigenvalue weighted by Gasteiger charge is 2.19. The molecule has 2 aromatic carbocycles. The van der Waals surface area contributed by atoms with Gasteiger partial charge in [-0.1, -0.05) is 12.1 Å². The summed E-state index contributed by atoms with van der Waals surface area (Å²) in [5.74, 6) is 0. The molecule has 0 unspecified atom stereocenters. The van der Waals surface area contributed by atoms with E-state index in [1.807, 2.05) is 36.4 Å². The second kappa shape index (κ2) is 10.5. The van der Waals surface area contributed by atoms with Gasteiger partial charge in [-0.05, 0) is 99.1 Å². The van der Waals surface area contributed by atoms with Crippen LogP contribution in [-0.2, 0) is 26.5 Å². The molecule has 0 aromatic heterocycles. The molecule has 0 amide bonds. The lowest BCUT2D eigenvalue weighted by molar-refractivity contribution is 0.229. The van der Waals surface area contributed by atoms with Crippen LogP contribution in [-0.4, -0.2) is 13.2 Å². The first-order chi connectivity index (χ1) is 11.5. The van der Waals surface area contributed by atoms with E-state index in [2.05, 4.69) is 63.7 Å². The van der Waals surface area contributed by atoms with Gasteiger partial charge in [0.25, 0.3) is 0 Å². The van der Waals surface area contributed by atoms with Crippen molar-refractivity contribution < 1.29 is 13.6 Å². The highest BCUT2D eigenvalue weighted by molar-refractivity contribution is 9.13. The van der Waals surface area contributed by atoms with E-state index in [1.54, 1.807) is 0 Å². The summed E-state index contributed by atoms with van der Waals surface area (Å²) >= 11 is 13.8. The van der Waals surface area contributed by atoms with Crippen LogP contribution in [0.3, 0.4) is 0 Å². The van der Waals surface area contributed by atoms with E-state index in [0.29, 0.717) is 26.1 Å². The third kappa shape index (κ3) is 6.94. The molecule has 0 bridgehead atoms. The summed E-state index contributed by atoms with van der Waals surface area (Å²) < 4.78 is 26.2. The van der Waals surface area contributed by atoms with Gasteiger partial charge < -0.3 is 0 Å². The van der Waals surface area contributed by atoms with Crippen LogP contribution in [0.4, 0.5) is 0 Å². The normalized spacial score (nSPS) is 10.8. The van der Waals surface area contributed by atoms with Crippen molar-refractivity contribution in [3.8, 4) is 0 Å². The molecule has 0 aliphatic carbocycles. The van der Waals surface area contributed by atoms with Gasteiger partial charge in [-0.25, -0.2) is 0 Å². The van der Waals surface area contributed by atoms with Crippen molar-refractivity contribution in [2.24, 2.45) is 0 Å². The molecule has 0 aliphatic rings. The Balaban J connectivity index is 1.67. The Morgan fingerprint density at radius 3 is 1.50 bits per heavy atom. The highest BCUT2D eigenvalue weighted by Crippen LogP contribution is 2.27. The lowest BCUT2D eigenvalue weighted by Gasteiger charge is -2.01. The SMILES string of the molecule is O=[P+](OCCc1ccc(Br)c(Br)c1)OCCc1ccc(Br)c(Br)c1. The molecule has 0 aliphatic heterocycles. The zero-order valence-electron chi connectivity index (χ0n) is 12.5. The fourth-order valence-corrected chi connectivity index (χ4v) is 3.80. The van der Waals surface area contributed by atoms with Crippen LogP contribution in [0.15, 0.2) is 54.3 Å². The van der Waals surface area contributed by atoms with Crippen LogP contribution < -0.4 is 0 Å². The zero-order valence-corrected chi connectivity index (χ0v) is 19.7. The molecular weight excluding hydrogens is 591 g/mol. The Bertz CT molecular complexity index is 665. The Morgan fingerprint density at radius 2 is 1.12 bits per heavy atom. The molecule has 128 valence electrons. The van der Waals surface area contributed by atoms with Crippen molar-refractivity contribution in [1.82, 2.24) is 0 Å². The summed E-state index contributed by atoms with van der Waals surface area (Å²) in [6, 6.07) is 11.9. The average Bonchev–Trinajstić information content (AvgIpc) is 2.54. The molecule has 0 saturated heterocycles. The number of rotatable bonds is 8. The van der Waals surface area contributed by atoms with E-state index < -0.39 is 8.25 Å². The molecule has 0 radical (unpaired) electrons. The Labute approximate surface area is 176 Å². The maximum atomic E-state index is 11.7. The molecule has 8 heteroatoms. The van der Waals surface area contributed by atoms with Gasteiger partial charge in [-0.3, -0.25) is 0 Å². The fraction of sp³-hybridized carbons (Fsp3) is 0.250. The summed E-state index contributed by atoms with van der Waals surface area (Å²) in [4.78, 5) is 0. The van der Waals surface area contributed by atoms with Gasteiger partial charge in [0, 0.05) is 35.3 Å². The molecule has 24 heavy (non-hydrogen) atoms. The third-order valence-corrected chi connectivity index (χ3v) is 7.69. The summed E-state index contributed by atoms with van der Waals surface area (Å²) in [5.41, 5.74) is 2.21. The topological polar surface area (TPSA) is 35.5 Å². The summed E-state index contributed by atoms with van der Waals surface area (Å²) in [6.45, 7) is 0.709. The predicted molar refractivity (Wildman–Crippen MR) is 111 cm³/mol. The molecule has 3 nitrogen and oxygen atoms in total. The third-order valence-electron chi connectivity index (χ3n) is 3.14. The molecule has 0 heterocycles. The van der Waals surface area contributed by atoms with Crippen LogP contribution >= 0.6 is 72.0 Å². The van der Waals surface area contributed by atoms with Crippen molar-refractivity contribution in [2.45, 2.75) is 12.8 Å². The van der Waals surface area contributed by atoms with Gasteiger partial charge in [0.15, 0.2) is 0 Å². The van der Waals surface area contributed by atoms with E-state index in [-0.39, 0.29) is 0 Å². The van der Waals surface area contributed by atoms with Gasteiger partial charge in [0.1, 0.15) is 13.2 Å². The maximum absolute atomic E-state index is 11.7. The zero-order chi connectivity index (χ0) is 17.5. The molecule has 0 saturated carbocycles. The molecule has 0 atom stereocenters. The molecule has 0 N–H and O–H groups in total. The molecule has 2 aromatic rings. The largest absolute Gasteiger partial charge is 0.697 e. The summed E-state index contributed by atoms with van der Waals surface area (Å²) in [5, 5.41) is 0. The van der Waals surface area contributed by atoms with Crippen LogP contribution in [0.5, 0.6) is 0 Å². The first-order valence-corrected chi connectivity index (χ1v) is 11.3. The molecule has 2 rings (SSSR count). The van der Waals surface area contributed by atoms with E-state index in [9.17, 15) is 4.57 Å². The van der Waals surface area contributed by atoms with E-state index in [0.717, 1.165) is 29.0 Å². The van der Waals surface area contributed by atoms with Gasteiger partial charge in [0.2, 0.25) is 0 Å². The van der Waals surface area contributed by atoms with Crippen molar-refractivity contribution >= 4 is 72.0 Å². The van der Waals surface area contributed by atoms with E-state index in [4.69, 9.17) is 9.05 Å². The Kier molecular flexibility index (Phi) is 9.06. The van der Waals surface area contributed by atoms with Crippen LogP contribution in [0, 0.1) is 0 Å². The first kappa shape index (κ1) is 20.7. The summed E-state index contributed by atoms with van der Waals surface area (Å²) in [6.07, 6.45) is 1.35. The second-order valence-corrected chi connectivity index (χ2v) is 9.27. The average molecular weight is 605 g/mol. The number of halogens is 4. The summed E-state index contributed by atoms with van der Waals surface area (Å²) in [7, 11) is -2.09. The number of hydrogen-bond donors (Lipinski definition) is 0. The van der Waals surface area contributed by atoms with Crippen molar-refractivity contribution in [3.05, 3.63) is 65.4 Å². The molecule has 0 spiro atoms. The van der Waals surface area contributed by atoms with Gasteiger partial charge in [0.05, 0.1) is 0 Å². The number of benzene rings is 2. The first-order valence-electron chi connectivity index (χ1n) is 7.06. The van der Waals surface area contributed by atoms with Gasteiger partial charge in [-0.2, -0.15) is 0 Å². The Morgan fingerprint density at radius 1 is 0.708 bits per heavy atom. The minimum absolute atomic E-state index is 0.354. The highest BCUT2D eigenvalue weighted by atomic mass is 79.9. The van der Waals surface area contributed by atoms with Crippen LogP contribution in [0.1, 0.15) is 11.1 Å². The Hall–Kier alpha value is 0.380. The predicted octanol–water partition coefficient (Wildman–Crippen LogP) is 7.21. The fourth-order valence-electron chi connectivity index (χ4n) is 1.90. The smallest absolute Gasteiger partial charge is 0.119 e. The van der Waals surface area contributed by atoms with Gasteiger partial charge >= 0.3 is 8.25 Å². The van der Waals surface area contributed by atoms with Crippen molar-refractivity contribution in [1.29, 1.82) is 0 Å². The van der Waals surface area contributed by atoms with Gasteiger partial charge in [-0.15, -0.1) is 9.05 Å².